The van der Waals surface area contributed by atoms with Crippen molar-refractivity contribution in [3.05, 3.63) is 41.3 Å². The number of rotatable bonds is 5. The highest BCUT2D eigenvalue weighted by Gasteiger charge is 2.26. The lowest BCUT2D eigenvalue weighted by Gasteiger charge is -2.36. The van der Waals surface area contributed by atoms with Crippen LogP contribution in [0.25, 0.3) is 0 Å². The molecule has 7 heteroatoms. The molecule has 0 spiro atoms. The van der Waals surface area contributed by atoms with Crippen molar-refractivity contribution in [2.24, 2.45) is 5.92 Å². The maximum Gasteiger partial charge on any atom is 0.257 e. The molecule has 4 rings (SSSR count). The molecule has 1 saturated heterocycles. The second-order valence-electron chi connectivity index (χ2n) is 7.81. The van der Waals surface area contributed by atoms with Crippen molar-refractivity contribution in [2.45, 2.75) is 39.7 Å². The van der Waals surface area contributed by atoms with Crippen molar-refractivity contribution >= 4 is 13.5 Å². The fourth-order valence-electron chi connectivity index (χ4n) is 4.04. The maximum atomic E-state index is 6.10. The molecular weight excluding hydrogens is 386 g/mol. The molecular formula is C22H31N3O3S. The highest BCUT2D eigenvalue weighted by atomic mass is 32.1. The van der Waals surface area contributed by atoms with Gasteiger partial charge in [-0.3, -0.25) is 9.88 Å². The Balaban J connectivity index is 0.00000240. The lowest BCUT2D eigenvalue weighted by molar-refractivity contribution is 0.0981. The van der Waals surface area contributed by atoms with Gasteiger partial charge in [0.05, 0.1) is 12.3 Å². The van der Waals surface area contributed by atoms with Gasteiger partial charge in [-0.05, 0) is 52.3 Å². The van der Waals surface area contributed by atoms with E-state index in [1.807, 2.05) is 32.0 Å². The predicted molar refractivity (Wildman–Crippen MR) is 118 cm³/mol. The standard InChI is InChI=1S/C22H29N3O3.H2S/c1-15-11-19(12-16(2)23-15)28-14-18-5-4-8-25(13-18)17(3)20-6-7-21-22(24-20)27-10-9-26-21;/h6-7,11-12,17-18H,4-5,8-10,13-14H2,1-3H3;1H2/t17-,18+;/m1./s1. The van der Waals surface area contributed by atoms with Crippen LogP contribution < -0.4 is 14.2 Å². The zero-order valence-corrected chi connectivity index (χ0v) is 18.5. The Bertz CT molecular complexity index is 813. The Hall–Kier alpha value is -1.99. The fraction of sp³-hybridized carbons (Fsp3) is 0.545. The van der Waals surface area contributed by atoms with Crippen molar-refractivity contribution in [1.82, 2.24) is 14.9 Å². The lowest BCUT2D eigenvalue weighted by Crippen LogP contribution is -2.39. The van der Waals surface area contributed by atoms with E-state index in [4.69, 9.17) is 19.2 Å². The van der Waals surface area contributed by atoms with E-state index in [1.165, 1.54) is 12.8 Å². The van der Waals surface area contributed by atoms with Crippen molar-refractivity contribution < 1.29 is 14.2 Å². The van der Waals surface area contributed by atoms with E-state index in [0.717, 1.165) is 48.3 Å². The molecule has 0 amide bonds. The summed E-state index contributed by atoms with van der Waals surface area (Å²) in [6, 6.07) is 8.29. The van der Waals surface area contributed by atoms with Crippen LogP contribution in [0, 0.1) is 19.8 Å². The number of hydrogen-bond donors (Lipinski definition) is 0. The van der Waals surface area contributed by atoms with Gasteiger partial charge in [0.15, 0.2) is 5.75 Å². The normalized spacial score (nSPS) is 19.9. The molecule has 2 atom stereocenters. The van der Waals surface area contributed by atoms with Crippen molar-refractivity contribution in [1.29, 1.82) is 0 Å². The van der Waals surface area contributed by atoms with Crippen molar-refractivity contribution in [3.8, 4) is 17.4 Å². The first-order chi connectivity index (χ1) is 13.6. The average molecular weight is 418 g/mol. The molecule has 6 nitrogen and oxygen atoms in total. The third-order valence-electron chi connectivity index (χ3n) is 5.49. The predicted octanol–water partition coefficient (Wildman–Crippen LogP) is 3.83. The Morgan fingerprint density at radius 3 is 2.69 bits per heavy atom. The lowest BCUT2D eigenvalue weighted by atomic mass is 9.97. The van der Waals surface area contributed by atoms with Crippen LogP contribution in [-0.4, -0.2) is 47.8 Å². The second kappa shape index (κ2) is 9.67. The van der Waals surface area contributed by atoms with Gasteiger partial charge < -0.3 is 14.2 Å². The monoisotopic (exact) mass is 417 g/mol. The minimum Gasteiger partial charge on any atom is -0.493 e. The summed E-state index contributed by atoms with van der Waals surface area (Å²) in [6.07, 6.45) is 2.37. The summed E-state index contributed by atoms with van der Waals surface area (Å²) in [5, 5.41) is 0. The molecule has 158 valence electrons. The first kappa shape index (κ1) is 21.7. The maximum absolute atomic E-state index is 6.10. The van der Waals surface area contributed by atoms with Gasteiger partial charge in [-0.2, -0.15) is 13.5 Å². The number of aromatic nitrogens is 2. The minimum atomic E-state index is 0. The van der Waals surface area contributed by atoms with Gasteiger partial charge in [0, 0.05) is 42.0 Å². The number of aryl methyl sites for hydroxylation is 2. The zero-order valence-electron chi connectivity index (χ0n) is 17.5. The molecule has 1 fully saturated rings. The topological polar surface area (TPSA) is 56.7 Å². The van der Waals surface area contributed by atoms with E-state index < -0.39 is 0 Å². The van der Waals surface area contributed by atoms with Gasteiger partial charge >= 0.3 is 0 Å². The molecule has 2 aliphatic rings. The molecule has 2 aliphatic heterocycles. The third kappa shape index (κ3) is 5.34. The largest absolute Gasteiger partial charge is 0.493 e. The molecule has 0 radical (unpaired) electrons. The molecule has 0 N–H and O–H groups in total. The summed E-state index contributed by atoms with van der Waals surface area (Å²) in [6.45, 7) is 10.2. The van der Waals surface area contributed by atoms with Crippen LogP contribution in [0.2, 0.25) is 0 Å². The van der Waals surface area contributed by atoms with Gasteiger partial charge in [0.2, 0.25) is 0 Å². The van der Waals surface area contributed by atoms with Crippen molar-refractivity contribution in [2.75, 3.05) is 32.9 Å². The summed E-state index contributed by atoms with van der Waals surface area (Å²) in [5.41, 5.74) is 3.03. The first-order valence-electron chi connectivity index (χ1n) is 10.2. The highest BCUT2D eigenvalue weighted by Crippen LogP contribution is 2.32. The van der Waals surface area contributed by atoms with Gasteiger partial charge in [-0.1, -0.05) is 0 Å². The number of ether oxygens (including phenoxy) is 3. The van der Waals surface area contributed by atoms with Gasteiger partial charge in [-0.15, -0.1) is 0 Å². The summed E-state index contributed by atoms with van der Waals surface area (Å²) in [7, 11) is 0. The average Bonchev–Trinajstić information content (AvgIpc) is 2.71. The van der Waals surface area contributed by atoms with Crippen LogP contribution in [0.4, 0.5) is 0 Å². The van der Waals surface area contributed by atoms with E-state index in [-0.39, 0.29) is 19.5 Å². The Labute approximate surface area is 180 Å². The van der Waals surface area contributed by atoms with Crippen LogP contribution >= 0.6 is 13.5 Å². The first-order valence-corrected chi connectivity index (χ1v) is 10.2. The summed E-state index contributed by atoms with van der Waals surface area (Å²) < 4.78 is 17.3. The smallest absolute Gasteiger partial charge is 0.257 e. The van der Waals surface area contributed by atoms with Crippen LogP contribution in [0.1, 0.15) is 42.9 Å². The van der Waals surface area contributed by atoms with Gasteiger partial charge in [0.25, 0.3) is 5.88 Å². The molecule has 0 bridgehead atoms. The molecule has 2 aromatic rings. The van der Waals surface area contributed by atoms with E-state index in [9.17, 15) is 0 Å². The highest BCUT2D eigenvalue weighted by molar-refractivity contribution is 7.59. The Morgan fingerprint density at radius 1 is 1.14 bits per heavy atom. The van der Waals surface area contributed by atoms with E-state index in [1.54, 1.807) is 0 Å². The van der Waals surface area contributed by atoms with Crippen LogP contribution in [0.3, 0.4) is 0 Å². The fourth-order valence-corrected chi connectivity index (χ4v) is 4.04. The minimum absolute atomic E-state index is 0. The molecule has 2 aromatic heterocycles. The zero-order chi connectivity index (χ0) is 19.5. The summed E-state index contributed by atoms with van der Waals surface area (Å²) in [5.74, 6) is 2.80. The van der Waals surface area contributed by atoms with E-state index in [2.05, 4.69) is 22.9 Å². The SMILES string of the molecule is Cc1cc(OC[C@H]2CCCN([C@H](C)c3ccc4c(n3)OCCO4)C2)cc(C)n1.S. The molecule has 29 heavy (non-hydrogen) atoms. The molecule has 0 aromatic carbocycles. The number of likely N-dealkylation sites (tertiary alicyclic amines) is 1. The number of pyridine rings is 2. The molecule has 4 heterocycles. The molecule has 0 saturated carbocycles. The van der Waals surface area contributed by atoms with Gasteiger partial charge in [-0.25, -0.2) is 4.98 Å². The van der Waals surface area contributed by atoms with Crippen LogP contribution in [0.15, 0.2) is 24.3 Å². The molecule has 0 unspecified atom stereocenters. The quantitative estimate of drug-likeness (QED) is 0.737. The van der Waals surface area contributed by atoms with E-state index in [0.29, 0.717) is 25.0 Å². The number of nitrogens with zero attached hydrogens (tertiary/aromatic N) is 3. The summed E-state index contributed by atoms with van der Waals surface area (Å²) in [4.78, 5) is 11.6. The second-order valence-corrected chi connectivity index (χ2v) is 7.81. The van der Waals surface area contributed by atoms with Gasteiger partial charge in [0.1, 0.15) is 19.0 Å². The Morgan fingerprint density at radius 2 is 1.90 bits per heavy atom. The van der Waals surface area contributed by atoms with Crippen LogP contribution in [-0.2, 0) is 0 Å². The summed E-state index contributed by atoms with van der Waals surface area (Å²) >= 11 is 0. The number of hydrogen-bond acceptors (Lipinski definition) is 6. The van der Waals surface area contributed by atoms with Crippen molar-refractivity contribution in [3.63, 3.8) is 0 Å². The third-order valence-corrected chi connectivity index (χ3v) is 5.49. The molecule has 0 aliphatic carbocycles. The van der Waals surface area contributed by atoms with E-state index >= 15 is 0 Å². The number of piperidine rings is 1. The van der Waals surface area contributed by atoms with Crippen LogP contribution in [0.5, 0.6) is 17.4 Å². The number of fused-ring (bicyclic) bond motifs is 1. The Kier molecular flexibility index (Phi) is 7.24.